The predicted octanol–water partition coefficient (Wildman–Crippen LogP) is 2.77. The van der Waals surface area contributed by atoms with Crippen molar-refractivity contribution in [2.24, 2.45) is 11.1 Å². The Morgan fingerprint density at radius 1 is 1.21 bits per heavy atom. The van der Waals surface area contributed by atoms with Gasteiger partial charge >= 0.3 is 0 Å². The van der Waals surface area contributed by atoms with Gasteiger partial charge in [0, 0.05) is 5.54 Å². The van der Waals surface area contributed by atoms with E-state index in [9.17, 15) is 9.18 Å². The van der Waals surface area contributed by atoms with Crippen LogP contribution in [0.2, 0.25) is 0 Å². The molecule has 0 bridgehead atoms. The molecule has 19 heavy (non-hydrogen) atoms. The minimum absolute atomic E-state index is 0.114. The Labute approximate surface area is 114 Å². The summed E-state index contributed by atoms with van der Waals surface area (Å²) in [5, 5.41) is 2.92. The summed E-state index contributed by atoms with van der Waals surface area (Å²) in [6.07, 6.45) is 0. The van der Waals surface area contributed by atoms with E-state index in [0.717, 1.165) is 5.56 Å². The molecule has 0 spiro atoms. The molecule has 1 atom stereocenters. The van der Waals surface area contributed by atoms with E-state index in [1.54, 1.807) is 12.1 Å². The van der Waals surface area contributed by atoms with E-state index >= 15 is 0 Å². The molecule has 1 aromatic carbocycles. The van der Waals surface area contributed by atoms with Crippen molar-refractivity contribution in [3.05, 3.63) is 35.6 Å². The van der Waals surface area contributed by atoms with Gasteiger partial charge in [-0.2, -0.15) is 0 Å². The van der Waals surface area contributed by atoms with E-state index in [1.165, 1.54) is 12.1 Å². The van der Waals surface area contributed by atoms with Gasteiger partial charge in [-0.05, 0) is 52.3 Å². The van der Waals surface area contributed by atoms with Gasteiger partial charge in [0.1, 0.15) is 5.82 Å². The van der Waals surface area contributed by atoms with Gasteiger partial charge in [0.05, 0.1) is 11.5 Å². The monoisotopic (exact) mass is 266 g/mol. The van der Waals surface area contributed by atoms with Crippen LogP contribution in [0.5, 0.6) is 0 Å². The van der Waals surface area contributed by atoms with Crippen LogP contribution in [0.15, 0.2) is 24.3 Å². The van der Waals surface area contributed by atoms with Gasteiger partial charge in [-0.3, -0.25) is 4.79 Å². The number of hydrogen-bond acceptors (Lipinski definition) is 2. The Bertz CT molecular complexity index is 446. The molecule has 0 aromatic heterocycles. The molecule has 0 unspecified atom stereocenters. The first-order valence-corrected chi connectivity index (χ1v) is 6.41. The maximum atomic E-state index is 12.9. The first-order chi connectivity index (χ1) is 8.55. The number of carbonyl (C=O) groups excluding carboxylic acids is 1. The zero-order valence-electron chi connectivity index (χ0n) is 12.3. The lowest BCUT2D eigenvalue weighted by Crippen LogP contribution is -2.55. The standard InChI is InChI=1S/C15H23FN2O/c1-10(11-6-8-12(16)9-7-11)18-13(19)14(2,3)15(4,5)17/h6-10H,17H2,1-5H3,(H,18,19)/t10-/m0/s1. The highest BCUT2D eigenvalue weighted by atomic mass is 19.1. The van der Waals surface area contributed by atoms with Gasteiger partial charge in [-0.15, -0.1) is 0 Å². The molecule has 0 heterocycles. The largest absolute Gasteiger partial charge is 0.349 e. The number of nitrogens with one attached hydrogen (secondary N) is 1. The molecule has 0 saturated carbocycles. The van der Waals surface area contributed by atoms with Gasteiger partial charge < -0.3 is 11.1 Å². The predicted molar refractivity (Wildman–Crippen MR) is 75.0 cm³/mol. The zero-order chi connectivity index (χ0) is 14.8. The second kappa shape index (κ2) is 5.29. The Balaban J connectivity index is 2.80. The summed E-state index contributed by atoms with van der Waals surface area (Å²) in [6, 6.07) is 5.92. The second-order valence-corrected chi connectivity index (χ2v) is 6.09. The van der Waals surface area contributed by atoms with Crippen LogP contribution in [0, 0.1) is 11.2 Å². The summed E-state index contributed by atoms with van der Waals surface area (Å²) in [7, 11) is 0. The van der Waals surface area contributed by atoms with Crippen molar-refractivity contribution in [2.45, 2.75) is 46.2 Å². The summed E-state index contributed by atoms with van der Waals surface area (Å²) in [6.45, 7) is 9.16. The number of carbonyl (C=O) groups is 1. The van der Waals surface area contributed by atoms with Crippen LogP contribution < -0.4 is 11.1 Å². The molecule has 0 fully saturated rings. The maximum Gasteiger partial charge on any atom is 0.227 e. The normalized spacial score (nSPS) is 14.1. The van der Waals surface area contributed by atoms with Crippen LogP contribution >= 0.6 is 0 Å². The lowest BCUT2D eigenvalue weighted by atomic mass is 9.74. The third-order valence-electron chi connectivity index (χ3n) is 3.90. The highest BCUT2D eigenvalue weighted by molar-refractivity contribution is 5.83. The lowest BCUT2D eigenvalue weighted by Gasteiger charge is -2.37. The average molecular weight is 266 g/mol. The molecule has 1 amide bonds. The fourth-order valence-electron chi connectivity index (χ4n) is 1.50. The molecule has 3 nitrogen and oxygen atoms in total. The smallest absolute Gasteiger partial charge is 0.227 e. The lowest BCUT2D eigenvalue weighted by molar-refractivity contribution is -0.132. The first kappa shape index (κ1) is 15.6. The molecule has 0 aliphatic rings. The summed E-state index contributed by atoms with van der Waals surface area (Å²) < 4.78 is 12.9. The Hall–Kier alpha value is -1.42. The van der Waals surface area contributed by atoms with E-state index < -0.39 is 11.0 Å². The highest BCUT2D eigenvalue weighted by Gasteiger charge is 2.40. The number of nitrogens with two attached hydrogens (primary N) is 1. The van der Waals surface area contributed by atoms with E-state index in [0.29, 0.717) is 0 Å². The van der Waals surface area contributed by atoms with Crippen molar-refractivity contribution in [3.63, 3.8) is 0 Å². The average Bonchev–Trinajstić information content (AvgIpc) is 2.28. The minimum Gasteiger partial charge on any atom is -0.349 e. The fraction of sp³-hybridized carbons (Fsp3) is 0.533. The zero-order valence-corrected chi connectivity index (χ0v) is 12.3. The van der Waals surface area contributed by atoms with Crippen LogP contribution in [0.25, 0.3) is 0 Å². The SMILES string of the molecule is C[C@H](NC(=O)C(C)(C)C(C)(C)N)c1ccc(F)cc1. The van der Waals surface area contributed by atoms with Crippen LogP contribution in [-0.2, 0) is 4.79 Å². The third kappa shape index (κ3) is 3.53. The van der Waals surface area contributed by atoms with Gasteiger partial charge in [0.2, 0.25) is 5.91 Å². The minimum atomic E-state index is -0.693. The van der Waals surface area contributed by atoms with Gasteiger partial charge in [0.25, 0.3) is 0 Å². The number of halogens is 1. The molecule has 3 N–H and O–H groups in total. The second-order valence-electron chi connectivity index (χ2n) is 6.09. The Kier molecular flexibility index (Phi) is 4.35. The number of amides is 1. The van der Waals surface area contributed by atoms with Gasteiger partial charge in [-0.25, -0.2) is 4.39 Å². The quantitative estimate of drug-likeness (QED) is 0.880. The van der Waals surface area contributed by atoms with E-state index in [2.05, 4.69) is 5.32 Å². The van der Waals surface area contributed by atoms with Crippen LogP contribution in [0.1, 0.15) is 46.2 Å². The fourth-order valence-corrected chi connectivity index (χ4v) is 1.50. The van der Waals surface area contributed by atoms with Crippen molar-refractivity contribution < 1.29 is 9.18 Å². The molecule has 1 aromatic rings. The van der Waals surface area contributed by atoms with E-state index in [-0.39, 0.29) is 17.8 Å². The number of hydrogen-bond donors (Lipinski definition) is 2. The summed E-state index contributed by atoms with van der Waals surface area (Å²) in [5.74, 6) is -0.400. The van der Waals surface area contributed by atoms with Crippen molar-refractivity contribution >= 4 is 5.91 Å². The van der Waals surface area contributed by atoms with Gasteiger partial charge in [0.15, 0.2) is 0 Å². The molecule has 0 saturated heterocycles. The molecule has 0 aliphatic heterocycles. The Morgan fingerprint density at radius 3 is 2.11 bits per heavy atom. The highest BCUT2D eigenvalue weighted by Crippen LogP contribution is 2.29. The van der Waals surface area contributed by atoms with Crippen molar-refractivity contribution in [1.29, 1.82) is 0 Å². The summed E-state index contributed by atoms with van der Waals surface area (Å²) in [5.41, 5.74) is 5.58. The Morgan fingerprint density at radius 2 is 1.68 bits per heavy atom. The third-order valence-corrected chi connectivity index (χ3v) is 3.90. The molecule has 106 valence electrons. The van der Waals surface area contributed by atoms with Crippen LogP contribution in [0.3, 0.4) is 0 Å². The molecular formula is C15H23FN2O. The van der Waals surface area contributed by atoms with Crippen molar-refractivity contribution in [3.8, 4) is 0 Å². The number of rotatable bonds is 4. The van der Waals surface area contributed by atoms with Crippen LogP contribution in [0.4, 0.5) is 4.39 Å². The van der Waals surface area contributed by atoms with Crippen LogP contribution in [-0.4, -0.2) is 11.4 Å². The van der Waals surface area contributed by atoms with E-state index in [4.69, 9.17) is 5.73 Å². The molecule has 0 aliphatic carbocycles. The summed E-state index contributed by atoms with van der Waals surface area (Å²) in [4.78, 5) is 12.3. The number of benzene rings is 1. The van der Waals surface area contributed by atoms with Crippen molar-refractivity contribution in [2.75, 3.05) is 0 Å². The summed E-state index contributed by atoms with van der Waals surface area (Å²) >= 11 is 0. The van der Waals surface area contributed by atoms with Crippen molar-refractivity contribution in [1.82, 2.24) is 5.32 Å². The van der Waals surface area contributed by atoms with Gasteiger partial charge in [-0.1, -0.05) is 12.1 Å². The molecular weight excluding hydrogens is 243 g/mol. The molecule has 1 rings (SSSR count). The topological polar surface area (TPSA) is 55.1 Å². The van der Waals surface area contributed by atoms with E-state index in [1.807, 2.05) is 34.6 Å². The maximum absolute atomic E-state index is 12.9. The first-order valence-electron chi connectivity index (χ1n) is 6.41. The molecule has 0 radical (unpaired) electrons. The molecule has 4 heteroatoms.